The van der Waals surface area contributed by atoms with Crippen LogP contribution in [0.25, 0.3) is 11.5 Å². The second kappa shape index (κ2) is 5.65. The minimum atomic E-state index is -0.344. The molecule has 3 rings (SSSR count). The van der Waals surface area contributed by atoms with E-state index in [1.54, 1.807) is 9.80 Å². The molecule has 0 aromatic carbocycles. The van der Waals surface area contributed by atoms with Crippen LogP contribution < -0.4 is 0 Å². The number of aromatic nitrogens is 4. The molecule has 2 amide bonds. The van der Waals surface area contributed by atoms with Gasteiger partial charge in [0, 0.05) is 38.6 Å². The van der Waals surface area contributed by atoms with E-state index in [4.69, 9.17) is 4.52 Å². The maximum absolute atomic E-state index is 12.2. The van der Waals surface area contributed by atoms with Gasteiger partial charge in [-0.25, -0.2) is 4.98 Å². The van der Waals surface area contributed by atoms with E-state index >= 15 is 0 Å². The van der Waals surface area contributed by atoms with Gasteiger partial charge in [0.15, 0.2) is 0 Å². The van der Waals surface area contributed by atoms with E-state index < -0.39 is 0 Å². The molecule has 2 aromatic rings. The van der Waals surface area contributed by atoms with E-state index in [9.17, 15) is 9.59 Å². The molecule has 9 nitrogen and oxygen atoms in total. The molecular weight excluding hydrogens is 276 g/mol. The number of carbonyl (C=O) groups is 2. The number of hydrogen-bond donors (Lipinski definition) is 0. The zero-order valence-corrected chi connectivity index (χ0v) is 11.0. The first-order chi connectivity index (χ1) is 10.3. The Bertz CT molecular complexity index is 635. The van der Waals surface area contributed by atoms with Crippen LogP contribution in [0.3, 0.4) is 0 Å². The summed E-state index contributed by atoms with van der Waals surface area (Å²) in [5.74, 6) is -0.212. The average molecular weight is 288 g/mol. The third-order valence-electron chi connectivity index (χ3n) is 3.15. The predicted molar refractivity (Wildman–Crippen MR) is 68.9 cm³/mol. The largest absolute Gasteiger partial charge is 0.342 e. The Balaban J connectivity index is 1.72. The molecule has 1 saturated heterocycles. The number of piperazine rings is 1. The molecule has 1 aliphatic rings. The van der Waals surface area contributed by atoms with Crippen LogP contribution in [0.2, 0.25) is 0 Å². The van der Waals surface area contributed by atoms with E-state index in [0.29, 0.717) is 31.9 Å². The summed E-state index contributed by atoms with van der Waals surface area (Å²) in [6, 6.07) is 0. The molecule has 1 aliphatic heterocycles. The Hall–Kier alpha value is -2.84. The molecule has 0 N–H and O–H groups in total. The third-order valence-corrected chi connectivity index (χ3v) is 3.15. The maximum Gasteiger partial charge on any atom is 0.316 e. The fourth-order valence-electron chi connectivity index (χ4n) is 1.99. The summed E-state index contributed by atoms with van der Waals surface area (Å²) in [6.45, 7) is 1.89. The molecule has 0 atom stereocenters. The van der Waals surface area contributed by atoms with Gasteiger partial charge < -0.3 is 14.3 Å². The lowest BCUT2D eigenvalue weighted by molar-refractivity contribution is -0.119. The maximum atomic E-state index is 12.2. The molecule has 0 spiro atoms. The summed E-state index contributed by atoms with van der Waals surface area (Å²) in [7, 11) is 0. The molecule has 0 aliphatic carbocycles. The van der Waals surface area contributed by atoms with Crippen LogP contribution >= 0.6 is 0 Å². The first-order valence-corrected chi connectivity index (χ1v) is 6.36. The summed E-state index contributed by atoms with van der Waals surface area (Å²) in [5, 5.41) is 3.73. The van der Waals surface area contributed by atoms with Crippen molar-refractivity contribution in [2.45, 2.75) is 0 Å². The fraction of sp³-hybridized carbons (Fsp3) is 0.333. The van der Waals surface area contributed by atoms with Crippen LogP contribution in [0.15, 0.2) is 23.1 Å². The van der Waals surface area contributed by atoms with Gasteiger partial charge in [0.05, 0.1) is 6.20 Å². The molecule has 21 heavy (non-hydrogen) atoms. The summed E-state index contributed by atoms with van der Waals surface area (Å²) < 4.78 is 4.98. The van der Waals surface area contributed by atoms with Gasteiger partial charge in [-0.3, -0.25) is 14.6 Å². The number of hydrogen-bond acceptors (Lipinski definition) is 7. The molecule has 3 heterocycles. The van der Waals surface area contributed by atoms with Crippen LogP contribution in [-0.4, -0.2) is 68.4 Å². The summed E-state index contributed by atoms with van der Waals surface area (Å²) in [4.78, 5) is 38.0. The Morgan fingerprint density at radius 3 is 2.71 bits per heavy atom. The molecule has 0 unspecified atom stereocenters. The number of carbonyl (C=O) groups excluding carboxylic acids is 2. The zero-order chi connectivity index (χ0) is 14.7. The number of nitrogens with zero attached hydrogens (tertiary/aromatic N) is 6. The van der Waals surface area contributed by atoms with Crippen LogP contribution in [0, 0.1) is 0 Å². The number of amides is 2. The Morgan fingerprint density at radius 2 is 2.05 bits per heavy atom. The third kappa shape index (κ3) is 2.71. The van der Waals surface area contributed by atoms with Gasteiger partial charge in [0.1, 0.15) is 5.69 Å². The van der Waals surface area contributed by atoms with Crippen molar-refractivity contribution >= 4 is 12.3 Å². The molecular formula is C12H12N6O3. The van der Waals surface area contributed by atoms with Crippen molar-refractivity contribution in [1.82, 2.24) is 29.9 Å². The second-order valence-electron chi connectivity index (χ2n) is 4.45. The summed E-state index contributed by atoms with van der Waals surface area (Å²) in [5.41, 5.74) is 0.436. The Labute approximate surface area is 119 Å². The lowest BCUT2D eigenvalue weighted by Gasteiger charge is -2.31. The fourth-order valence-corrected chi connectivity index (χ4v) is 1.99. The SMILES string of the molecule is O=CN1CCN(C(=O)c2nc(-c3cnccn3)no2)CC1. The topological polar surface area (TPSA) is 105 Å². The summed E-state index contributed by atoms with van der Waals surface area (Å²) >= 11 is 0. The van der Waals surface area contributed by atoms with Gasteiger partial charge in [-0.2, -0.15) is 4.98 Å². The van der Waals surface area contributed by atoms with E-state index in [1.807, 2.05) is 0 Å². The van der Waals surface area contributed by atoms with Gasteiger partial charge in [0.2, 0.25) is 12.2 Å². The van der Waals surface area contributed by atoms with Crippen molar-refractivity contribution in [3.8, 4) is 11.5 Å². The van der Waals surface area contributed by atoms with Crippen molar-refractivity contribution in [3.63, 3.8) is 0 Å². The molecule has 108 valence electrons. The lowest BCUT2D eigenvalue weighted by atomic mass is 10.3. The van der Waals surface area contributed by atoms with Gasteiger partial charge in [-0.05, 0) is 0 Å². The van der Waals surface area contributed by atoms with Gasteiger partial charge >= 0.3 is 11.8 Å². The van der Waals surface area contributed by atoms with Crippen molar-refractivity contribution in [1.29, 1.82) is 0 Å². The van der Waals surface area contributed by atoms with Crippen LogP contribution in [-0.2, 0) is 4.79 Å². The Morgan fingerprint density at radius 1 is 1.24 bits per heavy atom. The monoisotopic (exact) mass is 288 g/mol. The van der Waals surface area contributed by atoms with Crippen LogP contribution in [0.1, 0.15) is 10.7 Å². The highest BCUT2D eigenvalue weighted by atomic mass is 16.5. The van der Waals surface area contributed by atoms with Crippen LogP contribution in [0.5, 0.6) is 0 Å². The second-order valence-corrected chi connectivity index (χ2v) is 4.45. The van der Waals surface area contributed by atoms with Crippen LogP contribution in [0.4, 0.5) is 0 Å². The van der Waals surface area contributed by atoms with Crippen molar-refractivity contribution in [3.05, 3.63) is 24.5 Å². The standard InChI is InChI=1S/C12H12N6O3/c19-8-17-3-5-18(6-4-17)12(20)11-15-10(16-21-11)9-7-13-1-2-14-9/h1-2,7-8H,3-6H2. The minimum absolute atomic E-state index is 0.0878. The van der Waals surface area contributed by atoms with E-state index in [-0.39, 0.29) is 17.6 Å². The minimum Gasteiger partial charge on any atom is -0.342 e. The first-order valence-electron chi connectivity index (χ1n) is 6.36. The van der Waals surface area contributed by atoms with E-state index in [2.05, 4.69) is 20.1 Å². The highest BCUT2D eigenvalue weighted by Crippen LogP contribution is 2.13. The normalized spacial score (nSPS) is 15.0. The zero-order valence-electron chi connectivity index (χ0n) is 11.0. The van der Waals surface area contributed by atoms with Crippen molar-refractivity contribution in [2.75, 3.05) is 26.2 Å². The quantitative estimate of drug-likeness (QED) is 0.697. The number of rotatable bonds is 3. The van der Waals surface area contributed by atoms with Crippen molar-refractivity contribution < 1.29 is 14.1 Å². The summed E-state index contributed by atoms with van der Waals surface area (Å²) in [6.07, 6.45) is 5.30. The Kier molecular flexibility index (Phi) is 3.54. The average Bonchev–Trinajstić information content (AvgIpc) is 3.05. The van der Waals surface area contributed by atoms with Gasteiger partial charge in [0.25, 0.3) is 0 Å². The highest BCUT2D eigenvalue weighted by Gasteiger charge is 2.26. The van der Waals surface area contributed by atoms with Gasteiger partial charge in [-0.1, -0.05) is 5.16 Å². The molecule has 0 bridgehead atoms. The first kappa shape index (κ1) is 13.2. The van der Waals surface area contributed by atoms with E-state index in [0.717, 1.165) is 6.41 Å². The molecule has 1 fully saturated rings. The molecule has 0 saturated carbocycles. The van der Waals surface area contributed by atoms with E-state index in [1.165, 1.54) is 18.6 Å². The van der Waals surface area contributed by atoms with Gasteiger partial charge in [-0.15, -0.1) is 0 Å². The molecule has 2 aromatic heterocycles. The molecule has 0 radical (unpaired) electrons. The van der Waals surface area contributed by atoms with Crippen molar-refractivity contribution in [2.24, 2.45) is 0 Å². The smallest absolute Gasteiger partial charge is 0.316 e. The lowest BCUT2D eigenvalue weighted by Crippen LogP contribution is -2.48. The molecule has 9 heteroatoms. The highest BCUT2D eigenvalue weighted by molar-refractivity contribution is 5.90. The predicted octanol–water partition coefficient (Wildman–Crippen LogP) is -0.559.